The Kier molecular flexibility index (Phi) is 1610. The van der Waals surface area contributed by atoms with Crippen molar-refractivity contribution in [1.29, 1.82) is 0 Å². The molecular formula is H4Cl4CrN. The predicted octanol–water partition coefficient (Wildman–Crippen LogP) is -11.6. The van der Waals surface area contributed by atoms with Crippen LogP contribution in [0.5, 0.6) is 0 Å². The molecule has 0 aromatic carbocycles. The van der Waals surface area contributed by atoms with Gasteiger partial charge in [0, 0.05) is 0 Å². The third kappa shape index (κ3) is 44.8. The molecule has 4 N–H and O–H groups in total. The van der Waals surface area contributed by atoms with E-state index in [0.29, 0.717) is 0 Å². The van der Waals surface area contributed by atoms with E-state index in [1.807, 2.05) is 0 Å². The molecule has 6 heavy (non-hydrogen) atoms. The molecule has 0 saturated carbocycles. The Labute approximate surface area is 73.0 Å². The predicted molar refractivity (Wildman–Crippen MR) is 5.98 cm³/mol. The molecule has 0 aromatic rings. The maximum atomic E-state index is 0. The minimum absolute atomic E-state index is 0. The Morgan fingerprint density at radius 2 is 0.500 bits per heavy atom. The van der Waals surface area contributed by atoms with Crippen LogP contribution in [0, 0.1) is 0 Å². The Morgan fingerprint density at radius 3 is 0.500 bits per heavy atom. The van der Waals surface area contributed by atoms with Crippen LogP contribution in [0.4, 0.5) is 0 Å². The number of rotatable bonds is 0. The summed E-state index contributed by atoms with van der Waals surface area (Å²) in [7, 11) is 0. The van der Waals surface area contributed by atoms with Crippen molar-refractivity contribution in [2.45, 2.75) is 0 Å². The Morgan fingerprint density at radius 1 is 0.500 bits per heavy atom. The van der Waals surface area contributed by atoms with E-state index in [4.69, 9.17) is 0 Å². The topological polar surface area (TPSA) is 36.5 Å². The van der Waals surface area contributed by atoms with E-state index in [-0.39, 0.29) is 73.1 Å². The minimum atomic E-state index is 0. The smallest absolute Gasteiger partial charge is 1.00 e. The van der Waals surface area contributed by atoms with Crippen LogP contribution >= 0.6 is 0 Å². The van der Waals surface area contributed by atoms with Crippen LogP contribution in [0.1, 0.15) is 0 Å². The fourth-order valence-electron chi connectivity index (χ4n) is 0. The zero-order valence-corrected chi connectivity index (χ0v) is 7.22. The molecule has 0 aliphatic carbocycles. The summed E-state index contributed by atoms with van der Waals surface area (Å²) in [6.45, 7) is 0. The molecule has 43 valence electrons. The van der Waals surface area contributed by atoms with Crippen LogP contribution < -0.4 is 55.8 Å². The van der Waals surface area contributed by atoms with Gasteiger partial charge in [0.2, 0.25) is 0 Å². The fraction of sp³-hybridized carbons (Fsp3) is 0. The Balaban J connectivity index is 0. The van der Waals surface area contributed by atoms with Gasteiger partial charge in [-0.25, -0.2) is 0 Å². The summed E-state index contributed by atoms with van der Waals surface area (Å²) in [6.07, 6.45) is 0. The molecule has 0 amide bonds. The van der Waals surface area contributed by atoms with Crippen molar-refractivity contribution < 1.29 is 67.0 Å². The van der Waals surface area contributed by atoms with E-state index in [1.165, 1.54) is 0 Å². The van der Waals surface area contributed by atoms with Gasteiger partial charge in [-0.3, -0.25) is 0 Å². The van der Waals surface area contributed by atoms with E-state index in [9.17, 15) is 0 Å². The van der Waals surface area contributed by atoms with Crippen molar-refractivity contribution >= 4 is 0 Å². The fourth-order valence-corrected chi connectivity index (χ4v) is 0. The summed E-state index contributed by atoms with van der Waals surface area (Å²) >= 11 is 0. The van der Waals surface area contributed by atoms with Crippen LogP contribution in [0.3, 0.4) is 0 Å². The van der Waals surface area contributed by atoms with Gasteiger partial charge >= 0.3 is 17.4 Å². The second kappa shape index (κ2) is 77.8. The van der Waals surface area contributed by atoms with Crippen molar-refractivity contribution in [3.63, 3.8) is 0 Å². The zero-order chi connectivity index (χ0) is 0. The standard InChI is InChI=1S/4ClH.Cr.H3N/h4*1H;;1H3/q;;;;+3;/p-3. The third-order valence-corrected chi connectivity index (χ3v) is 0. The van der Waals surface area contributed by atoms with Crippen molar-refractivity contribution in [3.8, 4) is 0 Å². The first-order chi connectivity index (χ1) is 0. The minimum Gasteiger partial charge on any atom is -1.00 e. The first-order valence-electron chi connectivity index (χ1n) is 0. The van der Waals surface area contributed by atoms with Crippen molar-refractivity contribution in [3.05, 3.63) is 0 Å². The van der Waals surface area contributed by atoms with Gasteiger partial charge in [0.25, 0.3) is 0 Å². The number of hydrogen-bond donors (Lipinski definition) is 1. The number of hydrogen-bond acceptors (Lipinski definition) is 0. The molecule has 0 heterocycles. The summed E-state index contributed by atoms with van der Waals surface area (Å²) in [6, 6.07) is 0. The molecule has 0 aliphatic rings. The van der Waals surface area contributed by atoms with Crippen LogP contribution in [-0.4, -0.2) is 0 Å². The molecule has 0 unspecified atom stereocenters. The average Bonchev–Trinajstić information content (AvgIpc) is 0. The van der Waals surface area contributed by atoms with Gasteiger partial charge in [0.05, 0.1) is 0 Å². The summed E-state index contributed by atoms with van der Waals surface area (Å²) in [4.78, 5) is 0. The van der Waals surface area contributed by atoms with Gasteiger partial charge in [0.1, 0.15) is 0 Å². The van der Waals surface area contributed by atoms with E-state index < -0.39 is 0 Å². The molecule has 0 saturated heterocycles. The van der Waals surface area contributed by atoms with Crippen molar-refractivity contribution in [2.75, 3.05) is 0 Å². The molecule has 1 radical (unpaired) electrons. The van der Waals surface area contributed by atoms with Gasteiger partial charge in [-0.1, -0.05) is 0 Å². The molecule has 0 rings (SSSR count). The molecular weight excluding hydrogens is 208 g/mol. The zero-order valence-electron chi connectivity index (χ0n) is 2.92. The molecule has 1 nitrogen and oxygen atoms in total. The molecule has 0 bridgehead atoms. The van der Waals surface area contributed by atoms with E-state index >= 15 is 0 Å². The van der Waals surface area contributed by atoms with E-state index in [2.05, 4.69) is 0 Å². The maximum Gasteiger partial charge on any atom is 3.00 e. The van der Waals surface area contributed by atoms with E-state index in [0.717, 1.165) is 0 Å². The number of halogens is 4. The van der Waals surface area contributed by atoms with Crippen LogP contribution in [0.25, 0.3) is 0 Å². The number of quaternary nitrogens is 1. The third-order valence-electron chi connectivity index (χ3n) is 0. The second-order valence-electron chi connectivity index (χ2n) is 0. The molecule has 0 spiro atoms. The first kappa shape index (κ1) is 124. The summed E-state index contributed by atoms with van der Waals surface area (Å²) in [5, 5.41) is 0. The van der Waals surface area contributed by atoms with E-state index in [1.54, 1.807) is 0 Å². The monoisotopic (exact) mass is 210 g/mol. The van der Waals surface area contributed by atoms with Gasteiger partial charge in [-0.2, -0.15) is 0 Å². The van der Waals surface area contributed by atoms with Crippen molar-refractivity contribution in [1.82, 2.24) is 6.15 Å². The van der Waals surface area contributed by atoms with Crippen LogP contribution in [0.2, 0.25) is 0 Å². The second-order valence-corrected chi connectivity index (χ2v) is 0. The van der Waals surface area contributed by atoms with Crippen molar-refractivity contribution in [2.24, 2.45) is 0 Å². The van der Waals surface area contributed by atoms with Gasteiger partial charge < -0.3 is 55.8 Å². The molecule has 0 fully saturated rings. The molecule has 0 aliphatic heterocycles. The average molecular weight is 212 g/mol. The summed E-state index contributed by atoms with van der Waals surface area (Å²) in [5.74, 6) is 0. The normalized spacial score (nSPS) is 0. The quantitative estimate of drug-likeness (QED) is 0.414. The molecule has 6 heteroatoms. The van der Waals surface area contributed by atoms with Crippen LogP contribution in [-0.2, 0) is 17.4 Å². The Bertz CT molecular complexity index is 7.51. The maximum absolute atomic E-state index is 0. The van der Waals surface area contributed by atoms with Gasteiger partial charge in [-0.15, -0.1) is 0 Å². The first-order valence-corrected chi connectivity index (χ1v) is 0. The molecule has 0 aromatic heterocycles. The molecule has 0 atom stereocenters. The van der Waals surface area contributed by atoms with Gasteiger partial charge in [0.15, 0.2) is 0 Å². The van der Waals surface area contributed by atoms with Crippen LogP contribution in [0.15, 0.2) is 0 Å². The SMILES string of the molecule is [Cl-].[Cl-].[Cl-].[Cl-].[Cr+3].[NH4+]. The summed E-state index contributed by atoms with van der Waals surface area (Å²) in [5.41, 5.74) is 0. The summed E-state index contributed by atoms with van der Waals surface area (Å²) < 4.78 is 0. The van der Waals surface area contributed by atoms with Gasteiger partial charge in [-0.05, 0) is 0 Å². The Hall–Kier alpha value is 1.65. The largest absolute Gasteiger partial charge is 3.00 e.